The van der Waals surface area contributed by atoms with Crippen molar-refractivity contribution in [2.24, 2.45) is 11.3 Å². The number of carbonyl (C=O) groups is 9. The number of carboxylic acid groups (broad SMARTS) is 1. The maximum atomic E-state index is 15.2. The number of aromatic nitrogens is 1. The summed E-state index contributed by atoms with van der Waals surface area (Å²) in [4.78, 5) is 137. The molecule has 6 heterocycles. The Morgan fingerprint density at radius 1 is 0.627 bits per heavy atom. The van der Waals surface area contributed by atoms with Crippen molar-refractivity contribution in [2.45, 2.75) is 324 Å². The topological polar surface area (TPSA) is 542 Å². The molecule has 3 amide bonds. The smallest absolute Gasteiger partial charge is 0.373 e. The number of ether oxygens (including phenoxy) is 12. The highest BCUT2D eigenvalue weighted by atomic mass is 33.1. The number of amides is 3. The van der Waals surface area contributed by atoms with Crippen molar-refractivity contribution in [3.8, 4) is 0 Å². The molecule has 5 aliphatic heterocycles. The number of hydrogen-bond donors (Lipinski definition) is 13. The number of nitrogens with one attached hydrogen (secondary N) is 4. The molecule has 3 fully saturated rings. The number of nitrogens with zero attached hydrogens (tertiary/aromatic N) is 3. The molecule has 6 aliphatic rings. The van der Waals surface area contributed by atoms with E-state index < -0.39 is 118 Å². The molecule has 1 aliphatic carbocycles. The van der Waals surface area contributed by atoms with E-state index in [0.29, 0.717) is 90.4 Å². The van der Waals surface area contributed by atoms with Crippen LogP contribution in [0.4, 0.5) is 5.69 Å². The second-order valence-corrected chi connectivity index (χ2v) is 40.8. The predicted octanol–water partition coefficient (Wildman–Crippen LogP) is 7.23. The number of carbonyl (C=O) groups excluding carboxylic acids is 10. The number of hydrogen-bond acceptors (Lipinski definition) is 36. The van der Waals surface area contributed by atoms with Crippen LogP contribution in [0.25, 0.3) is 10.9 Å². The molecule has 13 N–H and O–H groups in total. The van der Waals surface area contributed by atoms with Crippen LogP contribution in [0.2, 0.25) is 0 Å². The normalized spacial score (nSPS) is 23.8. The number of piperidine rings is 1. The van der Waals surface area contributed by atoms with Gasteiger partial charge in [-0.2, -0.15) is 9.59 Å². The Bertz CT molecular complexity index is 4420. The maximum Gasteiger partial charge on any atom is 0.373 e. The summed E-state index contributed by atoms with van der Waals surface area (Å²) in [5.41, 5.74) is 2.93. The Kier molecular flexibility index (Phi) is 54.9. The third kappa shape index (κ3) is 35.6. The Labute approximate surface area is 843 Å². The highest BCUT2D eigenvalue weighted by Gasteiger charge is 2.78. The van der Waals surface area contributed by atoms with E-state index in [-0.39, 0.29) is 170 Å². The van der Waals surface area contributed by atoms with Crippen LogP contribution in [0.1, 0.15) is 238 Å². The Morgan fingerprint density at radius 3 is 1.68 bits per heavy atom. The zero-order valence-corrected chi connectivity index (χ0v) is 87.9. The summed E-state index contributed by atoms with van der Waals surface area (Å²) in [5.74, 6) is -4.29. The van der Waals surface area contributed by atoms with Gasteiger partial charge in [0.1, 0.15) is 32.0 Å². The Morgan fingerprint density at radius 2 is 1.16 bits per heavy atom. The summed E-state index contributed by atoms with van der Waals surface area (Å²) >= 11 is 0. The maximum absolute atomic E-state index is 15.2. The van der Waals surface area contributed by atoms with Crippen molar-refractivity contribution in [1.29, 1.82) is 0 Å². The van der Waals surface area contributed by atoms with Crippen molar-refractivity contribution in [3.63, 3.8) is 0 Å². The van der Waals surface area contributed by atoms with Gasteiger partial charge in [0.25, 0.3) is 0 Å². The SMILES string of the molecule is CCC(CO)OC(CO)OC.CCC(CO)OC(COC(=O)CCC(=O)NCCCNC(=O)CCC(C)(C)SSC)OC.CCC(CO)OC(COC(=O)CCC(=O)O)OC.CCC(CO)OC(COC(=O)CCCC(=O)NC(C)C(=O)OCCCCC(=O)[C@]1(O)C2N(C)c3cc(C)c([C@@]4(C)C[C@@H]5CN(CCc6c4[nH]c4ccccc64)CC(O)(CC)C5)cc3C23CCN2CC=C[C@](CC)(C23)[C@H]1O)OC.O=C=O. The van der Waals surface area contributed by atoms with Crippen LogP contribution in [0.5, 0.6) is 0 Å². The van der Waals surface area contributed by atoms with Gasteiger partial charge in [0, 0.05) is 156 Å². The number of unbranched alkanes of at least 4 members (excludes halogenated alkanes) is 1. The number of rotatable bonds is 57. The first-order chi connectivity index (χ1) is 67.6. The van der Waals surface area contributed by atoms with Crippen molar-refractivity contribution in [1.82, 2.24) is 30.7 Å². The average molecular weight is 2050 g/mol. The number of aliphatic carboxylic acids is 1. The van der Waals surface area contributed by atoms with E-state index in [1.807, 2.05) is 41.0 Å². The lowest BCUT2D eigenvalue weighted by atomic mass is 9.47. The molecule has 39 nitrogen and oxygen atoms in total. The van der Waals surface area contributed by atoms with Crippen LogP contribution in [0.3, 0.4) is 0 Å². The van der Waals surface area contributed by atoms with E-state index in [0.717, 1.165) is 67.6 Å². The summed E-state index contributed by atoms with van der Waals surface area (Å²) in [6.45, 7) is 25.6. The molecule has 806 valence electrons. The largest absolute Gasteiger partial charge is 0.481 e. The van der Waals surface area contributed by atoms with Gasteiger partial charge < -0.3 is 129 Å². The first-order valence-electron chi connectivity index (χ1n) is 49.6. The van der Waals surface area contributed by atoms with Gasteiger partial charge >= 0.3 is 36.0 Å². The molecule has 41 heteroatoms. The molecule has 2 aromatic carbocycles. The third-order valence-corrected chi connectivity index (χ3v) is 30.1. The molecule has 19 atom stereocenters. The fourth-order valence-corrected chi connectivity index (χ4v) is 22.1. The van der Waals surface area contributed by atoms with Crippen LogP contribution >= 0.6 is 21.6 Å². The number of fused-ring (bicyclic) bond motifs is 6. The van der Waals surface area contributed by atoms with E-state index in [9.17, 15) is 58.8 Å². The van der Waals surface area contributed by atoms with Gasteiger partial charge in [-0.1, -0.05) is 99.5 Å². The number of aromatic amines is 1. The number of aliphatic hydroxyl groups excluding tert-OH is 6. The molecule has 2 saturated heterocycles. The highest BCUT2D eigenvalue weighted by Crippen LogP contribution is 2.67. The van der Waals surface area contributed by atoms with Crippen molar-refractivity contribution < 1.29 is 156 Å². The zero-order valence-electron chi connectivity index (χ0n) is 86.3. The second-order valence-electron chi connectivity index (χ2n) is 37.7. The van der Waals surface area contributed by atoms with Crippen molar-refractivity contribution >= 4 is 97.7 Å². The molecule has 3 aromatic rings. The Balaban J connectivity index is 0.000000451. The minimum Gasteiger partial charge on any atom is -0.481 e. The summed E-state index contributed by atoms with van der Waals surface area (Å²) in [6, 6.07) is 11.4. The van der Waals surface area contributed by atoms with E-state index >= 15 is 4.79 Å². The number of esters is 4. The van der Waals surface area contributed by atoms with Gasteiger partial charge in [0.2, 0.25) is 17.7 Å². The number of aliphatic hydroxyl groups is 8. The van der Waals surface area contributed by atoms with Gasteiger partial charge in [-0.3, -0.25) is 48.2 Å². The molecule has 9 rings (SSSR count). The van der Waals surface area contributed by atoms with Crippen LogP contribution in [0.15, 0.2) is 48.6 Å². The molecular weight excluding hydrogens is 1890 g/mol. The monoisotopic (exact) mass is 2050 g/mol. The number of carboxylic acids is 1. The minimum absolute atomic E-state index is 0.0106. The lowest BCUT2D eigenvalue weighted by Gasteiger charge is -2.63. The number of aryl methyl sites for hydroxylation is 1. The third-order valence-electron chi connectivity index (χ3n) is 27.4. The van der Waals surface area contributed by atoms with Gasteiger partial charge in [-0.05, 0) is 184 Å². The standard InChI is InChI=1S/C61H87N5O12.C21H40N2O7S2.C11H20O7.C7H16O4.CO2/c1-9-41(35-67)78-51(75-8)36-77-50(70)22-16-21-49(69)62-39(5)53(71)76-29-15-14-20-48(68)61(74)55-60(25-28-66-26-17-24-59(11-3,54(60)66)56(61)72)45-31-44(38(4)30-47(45)64(55)7)57(6)32-40-33-58(73,10-2)37-65(34-40)27-23-43-42-18-12-13-19-46(42)63-52(43)57;1-6-16(14-24)30-20(28-4)15-29-19(27)9-8-17(25)22-12-7-13-23-18(26)10-11-21(2,3)32-31-5;1-3-8(6-12)18-11(16-2)7-17-10(15)5-4-9(13)14;1-3-6(4-8)11-7(5-9)10-2;2-1-3/h12-13,17-19,24,30-31,39-41,51,54-56,63,67,72-74H,9-11,14-16,20-23,25-29,32-37H2,1-8H3,(H,62,69);16,20,24H,6-15H2,1-5H3,(H,22,25)(H,23,26);8,11-12H,3-7H2,1-2H3,(H,13,14);6-9H,3-5H2,1-2H3;/t39?,40-,41?,51?,54?,55?,56+,57+,58?,59+,60?,61-;;;;/m0..../s1. The quantitative estimate of drug-likeness (QED) is 0.00662. The average Bonchev–Trinajstić information content (AvgIpc) is 1.47. The van der Waals surface area contributed by atoms with Crippen LogP contribution in [-0.2, 0) is 127 Å². The number of para-hydroxylation sites is 1. The lowest BCUT2D eigenvalue weighted by molar-refractivity contribution is -0.202. The van der Waals surface area contributed by atoms with Crippen LogP contribution < -0.4 is 20.9 Å². The minimum atomic E-state index is -2.17. The van der Waals surface area contributed by atoms with E-state index in [2.05, 4.69) is 126 Å². The second kappa shape index (κ2) is 62.5. The lowest BCUT2D eigenvalue weighted by Crippen LogP contribution is -2.80. The number of anilines is 1. The summed E-state index contributed by atoms with van der Waals surface area (Å²) in [6.07, 6.45) is 9.42. The number of methoxy groups -OCH3 is 4. The number of likely N-dealkylation sites (N-methyl/N-ethyl adjacent to an activating group) is 1. The van der Waals surface area contributed by atoms with Crippen LogP contribution in [-0.4, -0.2) is 357 Å². The molecule has 1 aromatic heterocycles. The first-order valence-corrected chi connectivity index (χ1v) is 52.2. The van der Waals surface area contributed by atoms with Gasteiger partial charge in [0.15, 0.2) is 36.5 Å². The highest BCUT2D eigenvalue weighted by molar-refractivity contribution is 8.76. The molecule has 2 bridgehead atoms. The molecular formula is C101H163N7O32S2. The van der Waals surface area contributed by atoms with Gasteiger partial charge in [-0.15, -0.1) is 0 Å². The summed E-state index contributed by atoms with van der Waals surface area (Å²) in [7, 11) is 11.1. The zero-order chi connectivity index (χ0) is 106. The molecule has 14 unspecified atom stereocenters. The number of benzene rings is 2. The Hall–Kier alpha value is -7.69. The number of H-pyrrole nitrogens is 1. The van der Waals surface area contributed by atoms with Crippen LogP contribution in [0, 0.1) is 18.3 Å². The van der Waals surface area contributed by atoms with Gasteiger partial charge in [-0.25, -0.2) is 4.79 Å². The van der Waals surface area contributed by atoms with Gasteiger partial charge in [0.05, 0.1) is 95.0 Å². The van der Waals surface area contributed by atoms with Crippen molar-refractivity contribution in [2.75, 3.05) is 152 Å². The van der Waals surface area contributed by atoms with E-state index in [4.69, 9.17) is 92.0 Å². The first kappa shape index (κ1) is 125. The number of Topliss-reactive ketones (excluding diaryl/α,β-unsaturated/α-hetero) is 1. The predicted molar refractivity (Wildman–Crippen MR) is 530 cm³/mol. The fourth-order valence-electron chi connectivity index (χ4n) is 19.9. The number of ketones is 1. The van der Waals surface area contributed by atoms with E-state index in [1.54, 1.807) is 21.6 Å². The van der Waals surface area contributed by atoms with Crippen molar-refractivity contribution in [3.05, 3.63) is 76.5 Å². The fraction of sp³-hybridized carbons (Fsp3) is 0.743. The summed E-state index contributed by atoms with van der Waals surface area (Å²) < 4.78 is 62.1. The summed E-state index contributed by atoms with van der Waals surface area (Å²) in [5, 5.41) is 101. The molecule has 142 heavy (non-hydrogen) atoms. The molecule has 1 saturated carbocycles. The molecule has 0 radical (unpaired) electrons. The van der Waals surface area contributed by atoms with E-state index in [1.165, 1.54) is 57.6 Å². The molecule has 1 spiro atoms.